The molecule has 1 aromatic carbocycles. The van der Waals surface area contributed by atoms with E-state index in [4.69, 9.17) is 4.74 Å². The molecule has 0 saturated carbocycles. The van der Waals surface area contributed by atoms with Crippen molar-refractivity contribution in [2.75, 3.05) is 46.9 Å². The molecule has 2 unspecified atom stereocenters. The SMILES string of the molecule is CN=C(NCC(O)c1ccccc1OC)N1CCC(N2CC=CC2)C1. The van der Waals surface area contributed by atoms with Crippen molar-refractivity contribution in [2.45, 2.75) is 18.6 Å². The molecule has 6 nitrogen and oxygen atoms in total. The summed E-state index contributed by atoms with van der Waals surface area (Å²) in [6.45, 7) is 4.48. The van der Waals surface area contributed by atoms with Crippen molar-refractivity contribution in [2.24, 2.45) is 4.99 Å². The number of benzene rings is 1. The molecule has 3 rings (SSSR count). The van der Waals surface area contributed by atoms with E-state index in [1.54, 1.807) is 14.2 Å². The molecule has 1 saturated heterocycles. The van der Waals surface area contributed by atoms with Gasteiger partial charge in [0.1, 0.15) is 5.75 Å². The minimum absolute atomic E-state index is 0.402. The standard InChI is InChI=1S/C19H28N4O2/c1-20-19(23-12-9-15(14-23)22-10-5-6-11-22)21-13-17(24)16-7-3-4-8-18(16)25-2/h3-8,15,17,24H,9-14H2,1-2H3,(H,20,21). The normalized spacial score (nSPS) is 22.4. The Labute approximate surface area is 149 Å². The highest BCUT2D eigenvalue weighted by Crippen LogP contribution is 2.24. The second-order valence-corrected chi connectivity index (χ2v) is 6.50. The number of aliphatic hydroxyl groups is 1. The molecule has 2 aliphatic rings. The summed E-state index contributed by atoms with van der Waals surface area (Å²) in [6.07, 6.45) is 4.98. The third-order valence-electron chi connectivity index (χ3n) is 4.99. The van der Waals surface area contributed by atoms with E-state index >= 15 is 0 Å². The van der Waals surface area contributed by atoms with Gasteiger partial charge in [0.05, 0.1) is 13.2 Å². The van der Waals surface area contributed by atoms with Gasteiger partial charge in [-0.3, -0.25) is 9.89 Å². The number of guanidine groups is 1. The second kappa shape index (κ2) is 8.36. The summed E-state index contributed by atoms with van der Waals surface area (Å²) in [7, 11) is 3.41. The van der Waals surface area contributed by atoms with Gasteiger partial charge >= 0.3 is 0 Å². The van der Waals surface area contributed by atoms with E-state index in [2.05, 4.69) is 32.3 Å². The molecule has 2 aliphatic heterocycles. The Kier molecular flexibility index (Phi) is 5.94. The molecular weight excluding hydrogens is 316 g/mol. The molecule has 136 valence electrons. The number of aliphatic imine (C=N–C) groups is 1. The molecule has 2 heterocycles. The summed E-state index contributed by atoms with van der Waals surface area (Å²) in [5, 5.41) is 13.8. The van der Waals surface area contributed by atoms with Gasteiger partial charge in [0.2, 0.25) is 0 Å². The lowest BCUT2D eigenvalue weighted by Gasteiger charge is -2.26. The molecule has 0 bridgehead atoms. The summed E-state index contributed by atoms with van der Waals surface area (Å²) in [4.78, 5) is 9.17. The van der Waals surface area contributed by atoms with Crippen LogP contribution in [0.2, 0.25) is 0 Å². The van der Waals surface area contributed by atoms with Crippen molar-refractivity contribution < 1.29 is 9.84 Å². The highest BCUT2D eigenvalue weighted by molar-refractivity contribution is 5.80. The fraction of sp³-hybridized carbons (Fsp3) is 0.526. The summed E-state index contributed by atoms with van der Waals surface area (Å²) in [5.74, 6) is 1.55. The van der Waals surface area contributed by atoms with Crippen LogP contribution in [0, 0.1) is 0 Å². The third-order valence-corrected chi connectivity index (χ3v) is 4.99. The second-order valence-electron chi connectivity index (χ2n) is 6.50. The van der Waals surface area contributed by atoms with Crippen LogP contribution in [-0.4, -0.2) is 73.8 Å². The van der Waals surface area contributed by atoms with Crippen molar-refractivity contribution in [1.82, 2.24) is 15.1 Å². The van der Waals surface area contributed by atoms with Crippen LogP contribution in [0.1, 0.15) is 18.1 Å². The Morgan fingerprint density at radius 1 is 1.36 bits per heavy atom. The molecule has 6 heteroatoms. The minimum Gasteiger partial charge on any atom is -0.496 e. The van der Waals surface area contributed by atoms with E-state index in [0.717, 1.165) is 44.1 Å². The molecule has 0 amide bonds. The van der Waals surface area contributed by atoms with Crippen LogP contribution in [0.4, 0.5) is 0 Å². The van der Waals surface area contributed by atoms with E-state index in [9.17, 15) is 5.11 Å². The minimum atomic E-state index is -0.644. The van der Waals surface area contributed by atoms with Crippen molar-refractivity contribution >= 4 is 5.96 Å². The number of hydrogen-bond donors (Lipinski definition) is 2. The van der Waals surface area contributed by atoms with Gasteiger partial charge in [-0.05, 0) is 12.5 Å². The van der Waals surface area contributed by atoms with E-state index in [1.165, 1.54) is 0 Å². The fourth-order valence-electron chi connectivity index (χ4n) is 3.60. The van der Waals surface area contributed by atoms with Crippen LogP contribution in [-0.2, 0) is 0 Å². The van der Waals surface area contributed by atoms with Crippen LogP contribution < -0.4 is 10.1 Å². The molecule has 0 radical (unpaired) electrons. The fourth-order valence-corrected chi connectivity index (χ4v) is 3.60. The Bertz CT molecular complexity index is 624. The van der Waals surface area contributed by atoms with Crippen molar-refractivity contribution in [3.05, 3.63) is 42.0 Å². The Morgan fingerprint density at radius 2 is 2.12 bits per heavy atom. The van der Waals surface area contributed by atoms with Crippen molar-refractivity contribution in [1.29, 1.82) is 0 Å². The monoisotopic (exact) mass is 344 g/mol. The van der Waals surface area contributed by atoms with Gasteiger partial charge in [0, 0.05) is 51.4 Å². The molecular formula is C19H28N4O2. The summed E-state index contributed by atoms with van der Waals surface area (Å²) >= 11 is 0. The third kappa shape index (κ3) is 4.14. The zero-order chi connectivity index (χ0) is 17.6. The number of methoxy groups -OCH3 is 1. The maximum atomic E-state index is 10.5. The lowest BCUT2D eigenvalue weighted by atomic mass is 10.1. The lowest BCUT2D eigenvalue weighted by Crippen LogP contribution is -2.43. The van der Waals surface area contributed by atoms with Crippen LogP contribution in [0.3, 0.4) is 0 Å². The molecule has 2 atom stereocenters. The van der Waals surface area contributed by atoms with Gasteiger partial charge in [-0.25, -0.2) is 0 Å². The summed E-state index contributed by atoms with van der Waals surface area (Å²) < 4.78 is 5.33. The van der Waals surface area contributed by atoms with Crippen LogP contribution in [0.25, 0.3) is 0 Å². The van der Waals surface area contributed by atoms with Gasteiger partial charge in [-0.1, -0.05) is 30.4 Å². The Balaban J connectivity index is 1.54. The molecule has 0 spiro atoms. The number of nitrogens with zero attached hydrogens (tertiary/aromatic N) is 3. The van der Waals surface area contributed by atoms with Crippen LogP contribution >= 0.6 is 0 Å². The van der Waals surface area contributed by atoms with E-state index in [1.807, 2.05) is 24.3 Å². The topological polar surface area (TPSA) is 60.3 Å². The molecule has 0 aromatic heterocycles. The van der Waals surface area contributed by atoms with Crippen LogP contribution in [0.5, 0.6) is 5.75 Å². The van der Waals surface area contributed by atoms with Crippen LogP contribution in [0.15, 0.2) is 41.4 Å². The molecule has 0 aliphatic carbocycles. The van der Waals surface area contributed by atoms with E-state index < -0.39 is 6.10 Å². The van der Waals surface area contributed by atoms with Gasteiger partial charge in [0.25, 0.3) is 0 Å². The first-order valence-electron chi connectivity index (χ1n) is 8.88. The average Bonchev–Trinajstić information content (AvgIpc) is 3.33. The number of rotatable bonds is 5. The van der Waals surface area contributed by atoms with Gasteiger partial charge < -0.3 is 20.1 Å². The number of hydrogen-bond acceptors (Lipinski definition) is 4. The van der Waals surface area contributed by atoms with E-state index in [0.29, 0.717) is 18.3 Å². The number of aliphatic hydroxyl groups excluding tert-OH is 1. The largest absolute Gasteiger partial charge is 0.496 e. The first kappa shape index (κ1) is 17.8. The lowest BCUT2D eigenvalue weighted by molar-refractivity contribution is 0.175. The molecule has 2 N–H and O–H groups in total. The zero-order valence-corrected chi connectivity index (χ0v) is 15.1. The predicted octanol–water partition coefficient (Wildman–Crippen LogP) is 1.25. The number of likely N-dealkylation sites (tertiary alicyclic amines) is 1. The highest BCUT2D eigenvalue weighted by Gasteiger charge is 2.29. The zero-order valence-electron chi connectivity index (χ0n) is 15.1. The molecule has 1 fully saturated rings. The summed E-state index contributed by atoms with van der Waals surface area (Å²) in [6, 6.07) is 8.14. The molecule has 1 aromatic rings. The van der Waals surface area contributed by atoms with E-state index in [-0.39, 0.29) is 0 Å². The maximum absolute atomic E-state index is 10.5. The first-order chi connectivity index (χ1) is 12.2. The number of ether oxygens (including phenoxy) is 1. The average molecular weight is 344 g/mol. The molecule has 25 heavy (non-hydrogen) atoms. The Morgan fingerprint density at radius 3 is 2.84 bits per heavy atom. The van der Waals surface area contributed by atoms with Gasteiger partial charge in [0.15, 0.2) is 5.96 Å². The van der Waals surface area contributed by atoms with Crippen molar-refractivity contribution in [3.63, 3.8) is 0 Å². The summed E-state index contributed by atoms with van der Waals surface area (Å²) in [5.41, 5.74) is 0.787. The number of para-hydroxylation sites is 1. The van der Waals surface area contributed by atoms with Gasteiger partial charge in [-0.15, -0.1) is 0 Å². The smallest absolute Gasteiger partial charge is 0.193 e. The van der Waals surface area contributed by atoms with Gasteiger partial charge in [-0.2, -0.15) is 0 Å². The Hall–Kier alpha value is -2.05. The van der Waals surface area contributed by atoms with Crippen molar-refractivity contribution in [3.8, 4) is 5.75 Å². The first-order valence-corrected chi connectivity index (χ1v) is 8.88. The highest BCUT2D eigenvalue weighted by atomic mass is 16.5. The predicted molar refractivity (Wildman–Crippen MR) is 100 cm³/mol. The number of nitrogens with one attached hydrogen (secondary N) is 1. The maximum Gasteiger partial charge on any atom is 0.193 e. The quantitative estimate of drug-likeness (QED) is 0.478.